The molecule has 2 N–H and O–H groups in total. The lowest BCUT2D eigenvalue weighted by molar-refractivity contribution is -0.138. The first-order valence-corrected chi connectivity index (χ1v) is 9.38. The van der Waals surface area contributed by atoms with E-state index in [2.05, 4.69) is 34.3 Å². The van der Waals surface area contributed by atoms with Crippen molar-refractivity contribution in [1.29, 1.82) is 0 Å². The summed E-state index contributed by atoms with van der Waals surface area (Å²) in [5, 5.41) is 21.6. The number of carbonyl (C=O) groups is 1. The number of epoxide rings is 1. The molecule has 5 fully saturated rings. The molecule has 5 aliphatic rings. The Morgan fingerprint density at radius 3 is 2.58 bits per heavy atom. The lowest BCUT2D eigenvalue weighted by atomic mass is 9.55. The van der Waals surface area contributed by atoms with Gasteiger partial charge in [-0.1, -0.05) is 34.3 Å². The van der Waals surface area contributed by atoms with E-state index in [0.717, 1.165) is 24.8 Å². The molecular weight excluding hydrogens is 304 g/mol. The van der Waals surface area contributed by atoms with Crippen LogP contribution in [0.2, 0.25) is 0 Å². The van der Waals surface area contributed by atoms with Crippen LogP contribution < -0.4 is 0 Å². The van der Waals surface area contributed by atoms with Gasteiger partial charge in [-0.15, -0.1) is 0 Å². The highest BCUT2D eigenvalue weighted by Crippen LogP contribution is 2.86. The first kappa shape index (κ1) is 15.5. The summed E-state index contributed by atoms with van der Waals surface area (Å²) in [7, 11) is 0. The van der Waals surface area contributed by atoms with Crippen molar-refractivity contribution in [3.05, 3.63) is 12.2 Å². The molecule has 132 valence electrons. The summed E-state index contributed by atoms with van der Waals surface area (Å²) in [5.74, 6) is 0.786. The van der Waals surface area contributed by atoms with Gasteiger partial charge in [0.05, 0.1) is 0 Å². The molecule has 0 aromatic heterocycles. The van der Waals surface area contributed by atoms with E-state index in [4.69, 9.17) is 4.74 Å². The van der Waals surface area contributed by atoms with E-state index in [1.165, 1.54) is 0 Å². The van der Waals surface area contributed by atoms with Crippen LogP contribution >= 0.6 is 0 Å². The summed E-state index contributed by atoms with van der Waals surface area (Å²) in [6.45, 7) is 12.7. The van der Waals surface area contributed by atoms with E-state index in [0.29, 0.717) is 11.8 Å². The van der Waals surface area contributed by atoms with Crippen molar-refractivity contribution >= 4 is 5.78 Å². The second-order valence-electron chi connectivity index (χ2n) is 9.75. The fourth-order valence-electron chi connectivity index (χ4n) is 8.29. The lowest BCUT2D eigenvalue weighted by Gasteiger charge is -2.46. The van der Waals surface area contributed by atoms with Gasteiger partial charge in [0.1, 0.15) is 23.9 Å². The predicted molar refractivity (Wildman–Crippen MR) is 88.1 cm³/mol. The van der Waals surface area contributed by atoms with Crippen LogP contribution in [0.1, 0.15) is 47.0 Å². The second kappa shape index (κ2) is 3.84. The number of aliphatic hydroxyl groups excluding tert-OH is 2. The summed E-state index contributed by atoms with van der Waals surface area (Å²) in [6.07, 6.45) is 0.868. The highest BCUT2D eigenvalue weighted by molar-refractivity contribution is 5.95. The van der Waals surface area contributed by atoms with Crippen molar-refractivity contribution in [3.63, 3.8) is 0 Å². The van der Waals surface area contributed by atoms with Gasteiger partial charge in [0.2, 0.25) is 0 Å². The minimum absolute atomic E-state index is 0.00952. The fraction of sp³-hybridized carbons (Fsp3) is 0.850. The minimum Gasteiger partial charge on any atom is -0.386 e. The molecule has 0 bridgehead atoms. The first-order valence-electron chi connectivity index (χ1n) is 9.38. The molecule has 0 unspecified atom stereocenters. The normalized spacial score (nSPS) is 63.5. The van der Waals surface area contributed by atoms with E-state index in [1.807, 2.05) is 0 Å². The van der Waals surface area contributed by atoms with Gasteiger partial charge < -0.3 is 14.9 Å². The summed E-state index contributed by atoms with van der Waals surface area (Å²) >= 11 is 0. The maximum absolute atomic E-state index is 13.4. The SMILES string of the molecule is C=C1[C@@H](O)[C@H]2O[C@@]23[C@@H]1C[C@]12CC[C@H](C(C)C)[C@@]1(C)C(=O)[C@H](O)[C@]32C. The van der Waals surface area contributed by atoms with Crippen molar-refractivity contribution in [2.24, 2.45) is 34.0 Å². The Morgan fingerprint density at radius 1 is 1.29 bits per heavy atom. The van der Waals surface area contributed by atoms with E-state index in [9.17, 15) is 15.0 Å². The quantitative estimate of drug-likeness (QED) is 0.570. The van der Waals surface area contributed by atoms with Crippen LogP contribution in [0.25, 0.3) is 0 Å². The Kier molecular flexibility index (Phi) is 2.49. The van der Waals surface area contributed by atoms with Crippen LogP contribution in [-0.4, -0.2) is 39.9 Å². The Balaban J connectivity index is 1.74. The van der Waals surface area contributed by atoms with Gasteiger partial charge in [0, 0.05) is 16.7 Å². The average Bonchev–Trinajstić information content (AvgIpc) is 3.05. The smallest absolute Gasteiger partial charge is 0.168 e. The molecule has 24 heavy (non-hydrogen) atoms. The Bertz CT molecular complexity index is 685. The van der Waals surface area contributed by atoms with Crippen LogP contribution in [0.4, 0.5) is 0 Å². The molecule has 1 aliphatic heterocycles. The lowest BCUT2D eigenvalue weighted by Crippen LogP contribution is -2.50. The molecule has 0 radical (unpaired) electrons. The van der Waals surface area contributed by atoms with Gasteiger partial charge in [-0.25, -0.2) is 0 Å². The molecule has 2 spiro atoms. The van der Waals surface area contributed by atoms with Gasteiger partial charge >= 0.3 is 0 Å². The number of rotatable bonds is 1. The van der Waals surface area contributed by atoms with Gasteiger partial charge in [0.25, 0.3) is 0 Å². The van der Waals surface area contributed by atoms with Crippen molar-refractivity contribution in [1.82, 2.24) is 0 Å². The monoisotopic (exact) mass is 332 g/mol. The Hall–Kier alpha value is -0.710. The van der Waals surface area contributed by atoms with Crippen LogP contribution in [0.15, 0.2) is 12.2 Å². The average molecular weight is 332 g/mol. The fourth-order valence-corrected chi connectivity index (χ4v) is 8.29. The maximum Gasteiger partial charge on any atom is 0.168 e. The number of ether oxygens (including phenoxy) is 1. The topological polar surface area (TPSA) is 70.1 Å². The van der Waals surface area contributed by atoms with Gasteiger partial charge in [-0.2, -0.15) is 0 Å². The molecule has 4 saturated carbocycles. The molecule has 0 amide bonds. The molecule has 9 atom stereocenters. The third-order valence-electron chi connectivity index (χ3n) is 9.41. The number of Topliss-reactive ketones (excluding diaryl/α,β-unsaturated/α-hetero) is 1. The number of ketones is 1. The molecular formula is C20H28O4. The molecule has 4 nitrogen and oxygen atoms in total. The van der Waals surface area contributed by atoms with Crippen LogP contribution in [0.3, 0.4) is 0 Å². The third kappa shape index (κ3) is 1.08. The largest absolute Gasteiger partial charge is 0.386 e. The zero-order chi connectivity index (χ0) is 17.4. The van der Waals surface area contributed by atoms with E-state index < -0.39 is 28.6 Å². The zero-order valence-corrected chi connectivity index (χ0v) is 15.0. The molecule has 0 aromatic rings. The van der Waals surface area contributed by atoms with Gasteiger partial charge in [-0.05, 0) is 42.1 Å². The van der Waals surface area contributed by atoms with Crippen molar-refractivity contribution in [2.45, 2.75) is 70.9 Å². The zero-order valence-electron chi connectivity index (χ0n) is 15.0. The van der Waals surface area contributed by atoms with Crippen LogP contribution in [0, 0.1) is 34.0 Å². The Morgan fingerprint density at radius 2 is 1.96 bits per heavy atom. The second-order valence-corrected chi connectivity index (χ2v) is 9.75. The number of hydrogen-bond donors (Lipinski definition) is 2. The summed E-state index contributed by atoms with van der Waals surface area (Å²) in [5.41, 5.74) is -1.09. The van der Waals surface area contributed by atoms with Crippen molar-refractivity contribution in [2.75, 3.05) is 0 Å². The number of hydrogen-bond acceptors (Lipinski definition) is 4. The summed E-state index contributed by atoms with van der Waals surface area (Å²) < 4.78 is 6.10. The minimum atomic E-state index is -1.00. The van der Waals surface area contributed by atoms with E-state index in [-0.39, 0.29) is 23.2 Å². The van der Waals surface area contributed by atoms with E-state index in [1.54, 1.807) is 0 Å². The molecule has 4 aliphatic carbocycles. The molecule has 1 heterocycles. The Labute approximate surface area is 143 Å². The molecule has 0 aromatic carbocycles. The predicted octanol–water partition coefficient (Wildman–Crippen LogP) is 2.08. The molecule has 4 heteroatoms. The number of carbonyl (C=O) groups excluding carboxylic acids is 1. The van der Waals surface area contributed by atoms with Crippen LogP contribution in [0.5, 0.6) is 0 Å². The van der Waals surface area contributed by atoms with Gasteiger partial charge in [0.15, 0.2) is 5.78 Å². The standard InChI is InChI=1S/C20H28O4/c1-9(2)11-6-7-19-8-12-10(3)13(21)16-20(12,24-16)18(19,5)15(23)14(22)17(11,19)4/h9,11-13,15-16,21,23H,3,6-8H2,1-2,4-5H3/t11-,12-,13-,15+,16-,17+,18+,19-,20+/m1/s1. The first-order chi connectivity index (χ1) is 11.1. The van der Waals surface area contributed by atoms with Crippen molar-refractivity contribution in [3.8, 4) is 0 Å². The highest BCUT2D eigenvalue weighted by Gasteiger charge is 2.94. The maximum atomic E-state index is 13.4. The van der Waals surface area contributed by atoms with Crippen molar-refractivity contribution < 1.29 is 19.7 Å². The molecule has 5 rings (SSSR count). The third-order valence-corrected chi connectivity index (χ3v) is 9.41. The summed E-state index contributed by atoms with van der Waals surface area (Å²) in [4.78, 5) is 13.4. The van der Waals surface area contributed by atoms with Gasteiger partial charge in [-0.3, -0.25) is 4.79 Å². The van der Waals surface area contributed by atoms with E-state index >= 15 is 0 Å². The summed E-state index contributed by atoms with van der Waals surface area (Å²) in [6, 6.07) is 0. The molecule has 1 saturated heterocycles. The number of aliphatic hydroxyl groups is 2. The van der Waals surface area contributed by atoms with Crippen LogP contribution in [-0.2, 0) is 9.53 Å². The highest BCUT2D eigenvalue weighted by atomic mass is 16.6.